The van der Waals surface area contributed by atoms with Crippen LogP contribution in [0.5, 0.6) is 0 Å². The Hall–Kier alpha value is -1.59. The van der Waals surface area contributed by atoms with Crippen LogP contribution < -0.4 is 10.2 Å². The highest BCUT2D eigenvalue weighted by Crippen LogP contribution is 2.31. The quantitative estimate of drug-likeness (QED) is 0.862. The lowest BCUT2D eigenvalue weighted by molar-refractivity contribution is -0.123. The zero-order chi connectivity index (χ0) is 19.4. The summed E-state index contributed by atoms with van der Waals surface area (Å²) in [5.74, 6) is 0.137. The molecule has 27 heavy (non-hydrogen) atoms. The van der Waals surface area contributed by atoms with Crippen molar-refractivity contribution in [3.05, 3.63) is 29.3 Å². The maximum atomic E-state index is 12.4. The maximum Gasteiger partial charge on any atom is 0.220 e. The van der Waals surface area contributed by atoms with Crippen LogP contribution in [0.3, 0.4) is 0 Å². The highest BCUT2D eigenvalue weighted by Gasteiger charge is 2.25. The van der Waals surface area contributed by atoms with Crippen molar-refractivity contribution in [3.63, 3.8) is 0 Å². The number of anilines is 1. The molecule has 0 aromatic heterocycles. The van der Waals surface area contributed by atoms with Crippen molar-refractivity contribution in [2.45, 2.75) is 46.1 Å². The average Bonchev–Trinajstić information content (AvgIpc) is 2.61. The molecule has 0 saturated carbocycles. The number of rotatable bonds is 5. The number of nitrogens with zero attached hydrogens (tertiary/aromatic N) is 2. The van der Waals surface area contributed by atoms with Crippen molar-refractivity contribution in [2.75, 3.05) is 51.3 Å². The third-order valence-electron chi connectivity index (χ3n) is 5.51. The number of carbonyl (C=O) groups excluding carboxylic acids is 1. The van der Waals surface area contributed by atoms with Gasteiger partial charge in [-0.05, 0) is 35.4 Å². The first kappa shape index (κ1) is 20.2. The van der Waals surface area contributed by atoms with Crippen LogP contribution in [-0.2, 0) is 16.0 Å². The van der Waals surface area contributed by atoms with Gasteiger partial charge in [-0.15, -0.1) is 0 Å². The molecule has 1 unspecified atom stereocenters. The molecule has 1 aromatic rings. The molecule has 1 N–H and O–H groups in total. The number of ether oxygens (including phenoxy) is 1. The SMILES string of the molecule is CN1CCCc2cc(C(CNC(=O)CC(C)(C)C)N3CCOCC3)ccc21. The van der Waals surface area contributed by atoms with Gasteiger partial charge in [-0.25, -0.2) is 0 Å². The summed E-state index contributed by atoms with van der Waals surface area (Å²) in [6.45, 7) is 11.4. The first-order valence-corrected chi connectivity index (χ1v) is 10.3. The Bertz CT molecular complexity index is 647. The lowest BCUT2D eigenvalue weighted by atomic mass is 9.92. The van der Waals surface area contributed by atoms with Crippen LogP contribution in [0.15, 0.2) is 18.2 Å². The van der Waals surface area contributed by atoms with E-state index in [1.807, 2.05) is 0 Å². The second-order valence-corrected chi connectivity index (χ2v) is 9.12. The highest BCUT2D eigenvalue weighted by molar-refractivity contribution is 5.76. The van der Waals surface area contributed by atoms with E-state index in [0.29, 0.717) is 13.0 Å². The summed E-state index contributed by atoms with van der Waals surface area (Å²) in [5, 5.41) is 3.19. The molecule has 0 bridgehead atoms. The van der Waals surface area contributed by atoms with Crippen LogP contribution in [0, 0.1) is 5.41 Å². The van der Waals surface area contributed by atoms with E-state index in [0.717, 1.165) is 39.3 Å². The first-order chi connectivity index (χ1) is 12.8. The van der Waals surface area contributed by atoms with Crippen LogP contribution in [0.2, 0.25) is 0 Å². The Morgan fingerprint density at radius 3 is 2.67 bits per heavy atom. The van der Waals surface area contributed by atoms with Gasteiger partial charge in [0.1, 0.15) is 0 Å². The van der Waals surface area contributed by atoms with Crippen LogP contribution in [0.4, 0.5) is 5.69 Å². The average molecular weight is 374 g/mol. The van der Waals surface area contributed by atoms with Gasteiger partial charge < -0.3 is 15.0 Å². The van der Waals surface area contributed by atoms with Gasteiger partial charge >= 0.3 is 0 Å². The fraction of sp³-hybridized carbons (Fsp3) is 0.682. The van der Waals surface area contributed by atoms with E-state index < -0.39 is 0 Å². The summed E-state index contributed by atoms with van der Waals surface area (Å²) >= 11 is 0. The first-order valence-electron chi connectivity index (χ1n) is 10.3. The topological polar surface area (TPSA) is 44.8 Å². The molecule has 1 amide bonds. The molecule has 2 aliphatic heterocycles. The molecule has 5 nitrogen and oxygen atoms in total. The second kappa shape index (κ2) is 8.61. The van der Waals surface area contributed by atoms with E-state index in [4.69, 9.17) is 4.74 Å². The zero-order valence-corrected chi connectivity index (χ0v) is 17.4. The Morgan fingerprint density at radius 1 is 1.22 bits per heavy atom. The molecule has 2 aliphatic rings. The van der Waals surface area contributed by atoms with Gasteiger partial charge in [0.2, 0.25) is 5.91 Å². The minimum absolute atomic E-state index is 0.00888. The van der Waals surface area contributed by atoms with Gasteiger partial charge in [-0.3, -0.25) is 9.69 Å². The minimum atomic E-state index is 0.00888. The number of amides is 1. The normalized spacial score (nSPS) is 19.5. The minimum Gasteiger partial charge on any atom is -0.379 e. The van der Waals surface area contributed by atoms with E-state index >= 15 is 0 Å². The number of aryl methyl sites for hydroxylation is 1. The molecule has 0 spiro atoms. The predicted octanol–water partition coefficient (Wildman–Crippen LogP) is 2.99. The highest BCUT2D eigenvalue weighted by atomic mass is 16.5. The Kier molecular flexibility index (Phi) is 6.43. The lowest BCUT2D eigenvalue weighted by Crippen LogP contribution is -2.44. The zero-order valence-electron chi connectivity index (χ0n) is 17.4. The van der Waals surface area contributed by atoms with Gasteiger partial charge in [0.25, 0.3) is 0 Å². The van der Waals surface area contributed by atoms with E-state index in [2.05, 4.69) is 61.1 Å². The van der Waals surface area contributed by atoms with Gasteiger partial charge in [-0.2, -0.15) is 0 Å². The number of hydrogen-bond acceptors (Lipinski definition) is 4. The summed E-state index contributed by atoms with van der Waals surface area (Å²) in [5.41, 5.74) is 4.10. The van der Waals surface area contributed by atoms with Crippen molar-refractivity contribution in [3.8, 4) is 0 Å². The van der Waals surface area contributed by atoms with Gasteiger partial charge in [0, 0.05) is 45.3 Å². The van der Waals surface area contributed by atoms with E-state index in [1.54, 1.807) is 0 Å². The monoisotopic (exact) mass is 373 g/mol. The molecule has 1 fully saturated rings. The Balaban J connectivity index is 1.76. The molecule has 1 aromatic carbocycles. The molecule has 5 heteroatoms. The van der Waals surface area contributed by atoms with Crippen molar-refractivity contribution in [1.82, 2.24) is 10.2 Å². The standard InChI is InChI=1S/C22H35N3O2/c1-22(2,3)15-21(26)23-16-20(25-10-12-27-13-11-25)18-7-8-19-17(14-18)6-5-9-24(19)4/h7-8,14,20H,5-6,9-13,15-16H2,1-4H3,(H,23,26). The number of carbonyl (C=O) groups is 1. The van der Waals surface area contributed by atoms with Crippen molar-refractivity contribution in [1.29, 1.82) is 0 Å². The second-order valence-electron chi connectivity index (χ2n) is 9.12. The van der Waals surface area contributed by atoms with Crippen molar-refractivity contribution < 1.29 is 9.53 Å². The van der Waals surface area contributed by atoms with E-state index in [-0.39, 0.29) is 17.4 Å². The molecule has 1 atom stereocenters. The molecule has 150 valence electrons. The maximum absolute atomic E-state index is 12.4. The van der Waals surface area contributed by atoms with Crippen LogP contribution in [0.1, 0.15) is 50.8 Å². The molecular weight excluding hydrogens is 338 g/mol. The van der Waals surface area contributed by atoms with Crippen LogP contribution in [0.25, 0.3) is 0 Å². The van der Waals surface area contributed by atoms with E-state index in [1.165, 1.54) is 23.2 Å². The molecule has 0 aliphatic carbocycles. The molecule has 3 rings (SSSR count). The summed E-state index contributed by atoms with van der Waals surface area (Å²) < 4.78 is 5.55. The fourth-order valence-corrected chi connectivity index (χ4v) is 4.11. The van der Waals surface area contributed by atoms with Crippen LogP contribution >= 0.6 is 0 Å². The lowest BCUT2D eigenvalue weighted by Gasteiger charge is -2.36. The number of fused-ring (bicyclic) bond motifs is 1. The molecular formula is C22H35N3O2. The Labute approximate surface area is 164 Å². The summed E-state index contributed by atoms with van der Waals surface area (Å²) in [6.07, 6.45) is 2.90. The number of hydrogen-bond donors (Lipinski definition) is 1. The van der Waals surface area contributed by atoms with Crippen molar-refractivity contribution in [2.24, 2.45) is 5.41 Å². The van der Waals surface area contributed by atoms with Crippen LogP contribution in [-0.4, -0.2) is 57.2 Å². The molecule has 1 saturated heterocycles. The van der Waals surface area contributed by atoms with E-state index in [9.17, 15) is 4.79 Å². The fourth-order valence-electron chi connectivity index (χ4n) is 4.11. The van der Waals surface area contributed by atoms with Crippen molar-refractivity contribution >= 4 is 11.6 Å². The molecule has 2 heterocycles. The van der Waals surface area contributed by atoms with Gasteiger partial charge in [0.05, 0.1) is 19.3 Å². The summed E-state index contributed by atoms with van der Waals surface area (Å²) in [6, 6.07) is 7.07. The largest absolute Gasteiger partial charge is 0.379 e. The van der Waals surface area contributed by atoms with Gasteiger partial charge in [-0.1, -0.05) is 32.9 Å². The number of benzene rings is 1. The number of morpholine rings is 1. The third kappa shape index (κ3) is 5.45. The smallest absolute Gasteiger partial charge is 0.220 e. The number of nitrogens with one attached hydrogen (secondary N) is 1. The van der Waals surface area contributed by atoms with Gasteiger partial charge in [0.15, 0.2) is 0 Å². The third-order valence-corrected chi connectivity index (χ3v) is 5.51. The summed E-state index contributed by atoms with van der Waals surface area (Å²) in [4.78, 5) is 17.2. The Morgan fingerprint density at radius 2 is 1.96 bits per heavy atom. The molecule has 0 radical (unpaired) electrons. The predicted molar refractivity (Wildman–Crippen MR) is 110 cm³/mol. The summed E-state index contributed by atoms with van der Waals surface area (Å²) in [7, 11) is 2.17.